The van der Waals surface area contributed by atoms with E-state index in [4.69, 9.17) is 0 Å². The molecule has 6 heteroatoms. The number of rotatable bonds is 2. The molecule has 0 bridgehead atoms. The SMILES string of the molecule is CC(=O)SCCC#Cc1cc(C(F)(F)F)ccn1. The van der Waals surface area contributed by atoms with Gasteiger partial charge in [-0.3, -0.25) is 4.79 Å². The van der Waals surface area contributed by atoms with Crippen LogP contribution in [0, 0.1) is 11.8 Å². The highest BCUT2D eigenvalue weighted by molar-refractivity contribution is 8.13. The van der Waals surface area contributed by atoms with Gasteiger partial charge in [0.1, 0.15) is 5.69 Å². The molecule has 2 nitrogen and oxygen atoms in total. The van der Waals surface area contributed by atoms with Crippen molar-refractivity contribution >= 4 is 16.9 Å². The summed E-state index contributed by atoms with van der Waals surface area (Å²) in [6.07, 6.45) is -2.87. The molecular formula is C12H10F3NOS. The molecule has 1 heterocycles. The Labute approximate surface area is 107 Å². The maximum atomic E-state index is 12.4. The Morgan fingerprint density at radius 1 is 1.50 bits per heavy atom. The zero-order chi connectivity index (χ0) is 13.6. The first kappa shape index (κ1) is 14.6. The summed E-state index contributed by atoms with van der Waals surface area (Å²) in [4.78, 5) is 14.3. The highest BCUT2D eigenvalue weighted by Gasteiger charge is 2.30. The van der Waals surface area contributed by atoms with Crippen molar-refractivity contribution in [1.29, 1.82) is 0 Å². The van der Waals surface area contributed by atoms with E-state index >= 15 is 0 Å². The van der Waals surface area contributed by atoms with Crippen LogP contribution >= 0.6 is 11.8 Å². The average molecular weight is 273 g/mol. The van der Waals surface area contributed by atoms with Crippen LogP contribution in [-0.4, -0.2) is 15.9 Å². The Kier molecular flexibility index (Phi) is 5.23. The van der Waals surface area contributed by atoms with E-state index < -0.39 is 11.7 Å². The van der Waals surface area contributed by atoms with Crippen LogP contribution in [0.5, 0.6) is 0 Å². The molecule has 0 atom stereocenters. The summed E-state index contributed by atoms with van der Waals surface area (Å²) in [5, 5.41) is -0.00556. The zero-order valence-corrected chi connectivity index (χ0v) is 10.4. The number of aromatic nitrogens is 1. The van der Waals surface area contributed by atoms with Gasteiger partial charge in [-0.2, -0.15) is 13.2 Å². The zero-order valence-electron chi connectivity index (χ0n) is 9.54. The lowest BCUT2D eigenvalue weighted by atomic mass is 10.2. The molecule has 0 saturated heterocycles. The normalized spacial score (nSPS) is 10.7. The van der Waals surface area contributed by atoms with Crippen molar-refractivity contribution in [2.45, 2.75) is 19.5 Å². The molecule has 18 heavy (non-hydrogen) atoms. The number of carbonyl (C=O) groups excluding carboxylic acids is 1. The van der Waals surface area contributed by atoms with Crippen LogP contribution in [0.4, 0.5) is 13.2 Å². The second-order valence-electron chi connectivity index (χ2n) is 3.32. The first-order chi connectivity index (χ1) is 8.39. The second kappa shape index (κ2) is 6.45. The van der Waals surface area contributed by atoms with Gasteiger partial charge in [0.15, 0.2) is 5.12 Å². The van der Waals surface area contributed by atoms with Crippen LogP contribution in [0.1, 0.15) is 24.6 Å². The van der Waals surface area contributed by atoms with Gasteiger partial charge in [-0.25, -0.2) is 4.98 Å². The van der Waals surface area contributed by atoms with Crippen molar-refractivity contribution in [2.75, 3.05) is 5.75 Å². The third-order valence-corrected chi connectivity index (χ3v) is 2.65. The molecule has 0 aliphatic heterocycles. The summed E-state index contributed by atoms with van der Waals surface area (Å²) in [6, 6.07) is 1.81. The topological polar surface area (TPSA) is 30.0 Å². The fourth-order valence-corrected chi connectivity index (χ4v) is 1.57. The highest BCUT2D eigenvalue weighted by atomic mass is 32.2. The third kappa shape index (κ3) is 5.23. The number of hydrogen-bond acceptors (Lipinski definition) is 3. The van der Waals surface area contributed by atoms with E-state index in [9.17, 15) is 18.0 Å². The van der Waals surface area contributed by atoms with E-state index in [1.807, 2.05) is 0 Å². The van der Waals surface area contributed by atoms with Crippen LogP contribution in [0.25, 0.3) is 0 Å². The van der Waals surface area contributed by atoms with Crippen LogP contribution in [0.2, 0.25) is 0 Å². The van der Waals surface area contributed by atoms with Crippen molar-refractivity contribution in [3.8, 4) is 11.8 Å². The predicted octanol–water partition coefficient (Wildman–Crippen LogP) is 3.12. The van der Waals surface area contributed by atoms with Crippen molar-refractivity contribution < 1.29 is 18.0 Å². The molecule has 1 aromatic rings. The lowest BCUT2D eigenvalue weighted by Gasteiger charge is -2.05. The lowest BCUT2D eigenvalue weighted by molar-refractivity contribution is -0.137. The minimum Gasteiger partial charge on any atom is -0.288 e. The number of thioether (sulfide) groups is 1. The average Bonchev–Trinajstić information content (AvgIpc) is 2.27. The molecule has 0 aliphatic rings. The molecule has 0 aliphatic carbocycles. The largest absolute Gasteiger partial charge is 0.416 e. The Morgan fingerprint density at radius 2 is 2.22 bits per heavy atom. The number of hydrogen-bond donors (Lipinski definition) is 0. The molecule has 0 saturated carbocycles. The summed E-state index contributed by atoms with van der Waals surface area (Å²) in [6.45, 7) is 1.45. The molecule has 0 N–H and O–H groups in total. The number of nitrogens with zero attached hydrogens (tertiary/aromatic N) is 1. The Balaban J connectivity index is 2.63. The minimum atomic E-state index is -4.39. The Bertz CT molecular complexity index is 488. The molecule has 0 unspecified atom stereocenters. The first-order valence-corrected chi connectivity index (χ1v) is 6.03. The van der Waals surface area contributed by atoms with Crippen LogP contribution < -0.4 is 0 Å². The van der Waals surface area contributed by atoms with Crippen molar-refractivity contribution in [3.63, 3.8) is 0 Å². The maximum absolute atomic E-state index is 12.4. The maximum Gasteiger partial charge on any atom is 0.416 e. The molecule has 0 amide bonds. The number of alkyl halides is 3. The van der Waals surface area contributed by atoms with Crippen molar-refractivity contribution in [1.82, 2.24) is 4.98 Å². The molecule has 0 aromatic carbocycles. The quantitative estimate of drug-likeness (QED) is 0.612. The summed E-state index contributed by atoms with van der Waals surface area (Å²) < 4.78 is 37.1. The summed E-state index contributed by atoms with van der Waals surface area (Å²) >= 11 is 1.13. The summed E-state index contributed by atoms with van der Waals surface area (Å²) in [5.74, 6) is 5.76. The van der Waals surface area contributed by atoms with E-state index in [1.54, 1.807) is 0 Å². The minimum absolute atomic E-state index is 0.00556. The Morgan fingerprint density at radius 3 is 2.83 bits per heavy atom. The predicted molar refractivity (Wildman–Crippen MR) is 63.9 cm³/mol. The highest BCUT2D eigenvalue weighted by Crippen LogP contribution is 2.28. The van der Waals surface area contributed by atoms with Gasteiger partial charge in [0.2, 0.25) is 0 Å². The molecule has 1 rings (SSSR count). The second-order valence-corrected chi connectivity index (χ2v) is 4.59. The summed E-state index contributed by atoms with van der Waals surface area (Å²) in [5.41, 5.74) is -0.683. The van der Waals surface area contributed by atoms with Gasteiger partial charge < -0.3 is 0 Å². The van der Waals surface area contributed by atoms with Gasteiger partial charge in [0.25, 0.3) is 0 Å². The molecule has 0 fully saturated rings. The number of pyridine rings is 1. The molecule has 0 spiro atoms. The number of halogens is 3. The summed E-state index contributed by atoms with van der Waals surface area (Å²) in [7, 11) is 0. The Hall–Kier alpha value is -1.48. The molecule has 0 radical (unpaired) electrons. The third-order valence-electron chi connectivity index (χ3n) is 1.84. The van der Waals surface area contributed by atoms with E-state index in [2.05, 4.69) is 16.8 Å². The number of carbonyl (C=O) groups is 1. The fourth-order valence-electron chi connectivity index (χ4n) is 1.07. The smallest absolute Gasteiger partial charge is 0.288 e. The van der Waals surface area contributed by atoms with Gasteiger partial charge in [-0.15, -0.1) is 0 Å². The van der Waals surface area contributed by atoms with Gasteiger partial charge >= 0.3 is 6.18 Å². The van der Waals surface area contributed by atoms with Crippen molar-refractivity contribution in [2.24, 2.45) is 0 Å². The monoisotopic (exact) mass is 273 g/mol. The molecular weight excluding hydrogens is 263 g/mol. The van der Waals surface area contributed by atoms with Crippen LogP contribution in [0.15, 0.2) is 18.3 Å². The van der Waals surface area contributed by atoms with Crippen LogP contribution in [-0.2, 0) is 11.0 Å². The van der Waals surface area contributed by atoms with Gasteiger partial charge in [-0.1, -0.05) is 17.7 Å². The fraction of sp³-hybridized carbons (Fsp3) is 0.333. The van der Waals surface area contributed by atoms with Gasteiger partial charge in [-0.05, 0) is 18.1 Å². The van der Waals surface area contributed by atoms with E-state index in [0.717, 1.165) is 30.1 Å². The molecule has 1 aromatic heterocycles. The standard InChI is InChI=1S/C12H10F3NOS/c1-9(17)18-7-3-2-4-11-8-10(5-6-16-11)12(13,14)15/h5-6,8H,3,7H2,1H3. The van der Waals surface area contributed by atoms with E-state index in [1.165, 1.54) is 6.92 Å². The van der Waals surface area contributed by atoms with E-state index in [-0.39, 0.29) is 10.8 Å². The van der Waals surface area contributed by atoms with Crippen LogP contribution in [0.3, 0.4) is 0 Å². The first-order valence-electron chi connectivity index (χ1n) is 5.05. The van der Waals surface area contributed by atoms with Crippen molar-refractivity contribution in [3.05, 3.63) is 29.6 Å². The lowest BCUT2D eigenvalue weighted by Crippen LogP contribution is -2.05. The van der Waals surface area contributed by atoms with Gasteiger partial charge in [0.05, 0.1) is 5.56 Å². The molecule has 96 valence electrons. The van der Waals surface area contributed by atoms with Gasteiger partial charge in [0, 0.05) is 25.3 Å². The van der Waals surface area contributed by atoms with E-state index in [0.29, 0.717) is 12.2 Å².